The highest BCUT2D eigenvalue weighted by Gasteiger charge is 2.21. The molecule has 1 aliphatic rings. The number of hydrogen-bond acceptors (Lipinski definition) is 4. The zero-order valence-corrected chi connectivity index (χ0v) is 10.2. The Morgan fingerprint density at radius 1 is 1.60 bits per heavy atom. The van der Waals surface area contributed by atoms with Crippen LogP contribution in [0.3, 0.4) is 0 Å². The largest absolute Gasteiger partial charge is 0.329 e. The summed E-state index contributed by atoms with van der Waals surface area (Å²) in [5.74, 6) is 0. The van der Waals surface area contributed by atoms with Crippen LogP contribution in [0.5, 0.6) is 0 Å². The predicted octanol–water partition coefficient (Wildman–Crippen LogP) is 2.11. The van der Waals surface area contributed by atoms with Gasteiger partial charge in [0.2, 0.25) is 0 Å². The van der Waals surface area contributed by atoms with Crippen LogP contribution in [0.4, 0.5) is 0 Å². The lowest BCUT2D eigenvalue weighted by molar-refractivity contribution is 0.146. The van der Waals surface area contributed by atoms with E-state index in [-0.39, 0.29) is 0 Å². The molecule has 0 aliphatic carbocycles. The molecular formula is C10H16ClN3S. The lowest BCUT2D eigenvalue weighted by atomic mass is 10.0. The second kappa shape index (κ2) is 5.25. The van der Waals surface area contributed by atoms with Crippen molar-refractivity contribution in [2.75, 3.05) is 13.1 Å². The number of hydrogen-bond donors (Lipinski definition) is 1. The highest BCUT2D eigenvalue weighted by atomic mass is 35.5. The molecule has 0 aromatic carbocycles. The number of aromatic nitrogens is 1. The van der Waals surface area contributed by atoms with E-state index in [4.69, 9.17) is 17.3 Å². The summed E-state index contributed by atoms with van der Waals surface area (Å²) in [6.07, 6.45) is 5.68. The fraction of sp³-hybridized carbons (Fsp3) is 0.700. The van der Waals surface area contributed by atoms with Crippen molar-refractivity contribution in [3.05, 3.63) is 15.5 Å². The molecule has 84 valence electrons. The summed E-state index contributed by atoms with van der Waals surface area (Å²) < 4.78 is 0.631. The standard InChI is InChI=1S/C10H16ClN3S/c11-10-13-6-9(15-10)7-14-4-2-1-3-8(14)5-12/h6,8H,1-5,7,12H2/t8-/m0/s1. The fourth-order valence-electron chi connectivity index (χ4n) is 2.09. The molecule has 0 radical (unpaired) electrons. The number of rotatable bonds is 3. The summed E-state index contributed by atoms with van der Waals surface area (Å²) in [6.45, 7) is 2.86. The fourth-order valence-corrected chi connectivity index (χ4v) is 3.10. The second-order valence-electron chi connectivity index (χ2n) is 3.94. The van der Waals surface area contributed by atoms with Crippen LogP contribution in [-0.4, -0.2) is 29.0 Å². The molecule has 15 heavy (non-hydrogen) atoms. The van der Waals surface area contributed by atoms with Crippen molar-refractivity contribution in [1.82, 2.24) is 9.88 Å². The molecule has 2 heterocycles. The topological polar surface area (TPSA) is 42.1 Å². The first-order chi connectivity index (χ1) is 7.29. The lowest BCUT2D eigenvalue weighted by Gasteiger charge is -2.34. The minimum absolute atomic E-state index is 0.541. The Balaban J connectivity index is 1.97. The maximum absolute atomic E-state index is 5.81. The Morgan fingerprint density at radius 3 is 3.13 bits per heavy atom. The van der Waals surface area contributed by atoms with Gasteiger partial charge in [-0.15, -0.1) is 11.3 Å². The molecule has 0 saturated carbocycles. The summed E-state index contributed by atoms with van der Waals surface area (Å²) in [4.78, 5) is 7.75. The Morgan fingerprint density at radius 2 is 2.47 bits per heavy atom. The van der Waals surface area contributed by atoms with Gasteiger partial charge in [-0.05, 0) is 19.4 Å². The van der Waals surface area contributed by atoms with E-state index in [0.29, 0.717) is 10.5 Å². The molecule has 1 aliphatic heterocycles. The van der Waals surface area contributed by atoms with Crippen molar-refractivity contribution in [3.8, 4) is 0 Å². The first-order valence-electron chi connectivity index (χ1n) is 5.34. The van der Waals surface area contributed by atoms with Crippen LogP contribution in [0.1, 0.15) is 24.1 Å². The summed E-state index contributed by atoms with van der Waals surface area (Å²) in [7, 11) is 0. The molecule has 2 rings (SSSR count). The van der Waals surface area contributed by atoms with E-state index < -0.39 is 0 Å². The third kappa shape index (κ3) is 2.91. The highest BCUT2D eigenvalue weighted by Crippen LogP contribution is 2.23. The van der Waals surface area contributed by atoms with Gasteiger partial charge in [0.05, 0.1) is 0 Å². The Bertz CT molecular complexity index is 315. The molecule has 1 aromatic rings. The zero-order valence-electron chi connectivity index (χ0n) is 8.66. The summed E-state index contributed by atoms with van der Waals surface area (Å²) >= 11 is 7.38. The Hall–Kier alpha value is -0.160. The summed E-state index contributed by atoms with van der Waals surface area (Å²) in [6, 6.07) is 0.541. The molecule has 2 N–H and O–H groups in total. The number of halogens is 1. The smallest absolute Gasteiger partial charge is 0.183 e. The van der Waals surface area contributed by atoms with Crippen LogP contribution in [0.2, 0.25) is 4.47 Å². The molecule has 1 fully saturated rings. The van der Waals surface area contributed by atoms with Crippen LogP contribution in [0.15, 0.2) is 6.20 Å². The van der Waals surface area contributed by atoms with Crippen molar-refractivity contribution in [2.24, 2.45) is 5.73 Å². The van der Waals surface area contributed by atoms with Gasteiger partial charge in [-0.2, -0.15) is 0 Å². The second-order valence-corrected chi connectivity index (χ2v) is 5.63. The van der Waals surface area contributed by atoms with E-state index in [9.17, 15) is 0 Å². The molecule has 0 unspecified atom stereocenters. The van der Waals surface area contributed by atoms with E-state index >= 15 is 0 Å². The van der Waals surface area contributed by atoms with Gasteiger partial charge < -0.3 is 5.73 Å². The quantitative estimate of drug-likeness (QED) is 0.887. The minimum Gasteiger partial charge on any atom is -0.329 e. The molecule has 0 amide bonds. The maximum atomic E-state index is 5.81. The number of piperidine rings is 1. The zero-order chi connectivity index (χ0) is 10.7. The third-order valence-corrected chi connectivity index (χ3v) is 4.01. The van der Waals surface area contributed by atoms with Gasteiger partial charge in [0.1, 0.15) is 0 Å². The van der Waals surface area contributed by atoms with Gasteiger partial charge in [0, 0.05) is 30.2 Å². The maximum Gasteiger partial charge on any atom is 0.183 e. The van der Waals surface area contributed by atoms with E-state index in [0.717, 1.165) is 19.6 Å². The van der Waals surface area contributed by atoms with E-state index in [1.54, 1.807) is 11.3 Å². The number of nitrogens with two attached hydrogens (primary N) is 1. The first kappa shape index (κ1) is 11.3. The van der Waals surface area contributed by atoms with Gasteiger partial charge in [0.25, 0.3) is 0 Å². The summed E-state index contributed by atoms with van der Waals surface area (Å²) in [5, 5.41) is 0. The Labute approximate surface area is 99.2 Å². The molecule has 0 spiro atoms. The Kier molecular flexibility index (Phi) is 3.97. The van der Waals surface area contributed by atoms with Crippen molar-refractivity contribution in [1.29, 1.82) is 0 Å². The summed E-state index contributed by atoms with van der Waals surface area (Å²) in [5.41, 5.74) is 5.77. The van der Waals surface area contributed by atoms with Crippen LogP contribution in [0.25, 0.3) is 0 Å². The number of likely N-dealkylation sites (tertiary alicyclic amines) is 1. The molecule has 0 bridgehead atoms. The third-order valence-electron chi connectivity index (χ3n) is 2.91. The van der Waals surface area contributed by atoms with Gasteiger partial charge in [-0.3, -0.25) is 4.90 Å². The molecule has 1 atom stereocenters. The monoisotopic (exact) mass is 245 g/mol. The molecular weight excluding hydrogens is 230 g/mol. The SMILES string of the molecule is NC[C@@H]1CCCCN1Cc1cnc(Cl)s1. The first-order valence-corrected chi connectivity index (χ1v) is 6.53. The van der Waals surface area contributed by atoms with Crippen molar-refractivity contribution < 1.29 is 0 Å². The van der Waals surface area contributed by atoms with E-state index in [2.05, 4.69) is 9.88 Å². The van der Waals surface area contributed by atoms with E-state index in [1.165, 1.54) is 24.1 Å². The van der Waals surface area contributed by atoms with Crippen LogP contribution >= 0.6 is 22.9 Å². The highest BCUT2D eigenvalue weighted by molar-refractivity contribution is 7.15. The molecule has 3 nitrogen and oxygen atoms in total. The van der Waals surface area contributed by atoms with Gasteiger partial charge >= 0.3 is 0 Å². The molecule has 1 aromatic heterocycles. The van der Waals surface area contributed by atoms with E-state index in [1.807, 2.05) is 6.20 Å². The van der Waals surface area contributed by atoms with Gasteiger partial charge in [0.15, 0.2) is 4.47 Å². The van der Waals surface area contributed by atoms with Crippen LogP contribution < -0.4 is 5.73 Å². The number of thiazole rings is 1. The van der Waals surface area contributed by atoms with Crippen molar-refractivity contribution in [2.45, 2.75) is 31.8 Å². The van der Waals surface area contributed by atoms with Crippen molar-refractivity contribution in [3.63, 3.8) is 0 Å². The molecule has 5 heteroatoms. The molecule has 1 saturated heterocycles. The minimum atomic E-state index is 0.541. The van der Waals surface area contributed by atoms with Gasteiger partial charge in [-0.25, -0.2) is 4.98 Å². The van der Waals surface area contributed by atoms with Crippen LogP contribution in [0, 0.1) is 0 Å². The average Bonchev–Trinajstić information content (AvgIpc) is 2.65. The average molecular weight is 246 g/mol. The lowest BCUT2D eigenvalue weighted by Crippen LogP contribution is -2.43. The number of nitrogens with zero attached hydrogens (tertiary/aromatic N) is 2. The normalized spacial score (nSPS) is 23.2. The predicted molar refractivity (Wildman–Crippen MR) is 64.2 cm³/mol. The van der Waals surface area contributed by atoms with Gasteiger partial charge in [-0.1, -0.05) is 18.0 Å². The van der Waals surface area contributed by atoms with Crippen molar-refractivity contribution >= 4 is 22.9 Å². The van der Waals surface area contributed by atoms with Crippen LogP contribution in [-0.2, 0) is 6.54 Å².